The smallest absolute Gasteiger partial charge is 0.251 e. The lowest BCUT2D eigenvalue weighted by Gasteiger charge is -2.35. The Hall–Kier alpha value is -2.45. The molecule has 1 saturated carbocycles. The van der Waals surface area contributed by atoms with Gasteiger partial charge in [0.05, 0.1) is 4.90 Å². The summed E-state index contributed by atoms with van der Waals surface area (Å²) in [5.41, 5.74) is 1.25. The van der Waals surface area contributed by atoms with Crippen LogP contribution < -0.4 is 10.2 Å². The van der Waals surface area contributed by atoms with Crippen LogP contribution >= 0.6 is 0 Å². The molecule has 1 saturated heterocycles. The number of hydrogen-bond acceptors (Lipinski definition) is 4. The van der Waals surface area contributed by atoms with E-state index >= 15 is 0 Å². The molecule has 0 spiro atoms. The number of amides is 1. The minimum absolute atomic E-state index is 0.140. The predicted octanol–water partition coefficient (Wildman–Crippen LogP) is 3.79. The first-order valence-corrected chi connectivity index (χ1v) is 12.8. The Balaban J connectivity index is 1.41. The van der Waals surface area contributed by atoms with Crippen molar-refractivity contribution in [2.45, 2.75) is 49.5 Å². The maximum atomic E-state index is 13.2. The zero-order valence-electron chi connectivity index (χ0n) is 18.2. The number of carbonyl (C=O) groups is 1. The molecule has 0 unspecified atom stereocenters. The number of rotatable bonds is 5. The van der Waals surface area contributed by atoms with Crippen molar-refractivity contribution >= 4 is 21.6 Å². The van der Waals surface area contributed by atoms with E-state index in [0.29, 0.717) is 31.7 Å². The van der Waals surface area contributed by atoms with Gasteiger partial charge in [0.25, 0.3) is 5.91 Å². The molecular formula is C24H30FN3O3S. The molecule has 8 heteroatoms. The molecule has 172 valence electrons. The van der Waals surface area contributed by atoms with Crippen molar-refractivity contribution in [1.82, 2.24) is 9.62 Å². The number of halogens is 1. The number of nitrogens with one attached hydrogen (secondary N) is 1. The van der Waals surface area contributed by atoms with Crippen molar-refractivity contribution in [3.63, 3.8) is 0 Å². The maximum Gasteiger partial charge on any atom is 0.251 e. The summed E-state index contributed by atoms with van der Waals surface area (Å²) >= 11 is 0. The van der Waals surface area contributed by atoms with Crippen LogP contribution in [0.4, 0.5) is 10.1 Å². The fourth-order valence-corrected chi connectivity index (χ4v) is 5.95. The predicted molar refractivity (Wildman–Crippen MR) is 123 cm³/mol. The number of sulfonamides is 1. The molecule has 2 aliphatic rings. The van der Waals surface area contributed by atoms with Crippen molar-refractivity contribution in [2.24, 2.45) is 0 Å². The van der Waals surface area contributed by atoms with Crippen LogP contribution in [-0.2, 0) is 10.0 Å². The Bertz CT molecular complexity index is 1030. The fraction of sp³-hybridized carbons (Fsp3) is 0.458. The van der Waals surface area contributed by atoms with Crippen molar-refractivity contribution in [3.8, 4) is 0 Å². The highest BCUT2D eigenvalue weighted by Crippen LogP contribution is 2.23. The van der Waals surface area contributed by atoms with Crippen LogP contribution in [-0.4, -0.2) is 50.9 Å². The van der Waals surface area contributed by atoms with E-state index in [1.807, 2.05) is 4.90 Å². The van der Waals surface area contributed by atoms with Crippen molar-refractivity contribution < 1.29 is 17.6 Å². The third kappa shape index (κ3) is 5.30. The van der Waals surface area contributed by atoms with Crippen LogP contribution in [0.25, 0.3) is 0 Å². The molecule has 0 bridgehead atoms. The maximum absolute atomic E-state index is 13.2. The topological polar surface area (TPSA) is 69.7 Å². The van der Waals surface area contributed by atoms with Crippen LogP contribution in [0.5, 0.6) is 0 Å². The molecule has 0 aromatic heterocycles. The van der Waals surface area contributed by atoms with Crippen LogP contribution in [0.2, 0.25) is 0 Å². The van der Waals surface area contributed by atoms with Gasteiger partial charge in [-0.15, -0.1) is 0 Å². The van der Waals surface area contributed by atoms with E-state index in [1.54, 1.807) is 30.3 Å². The molecule has 32 heavy (non-hydrogen) atoms. The number of hydrogen-bond donors (Lipinski definition) is 1. The zero-order chi connectivity index (χ0) is 22.6. The SMILES string of the molecule is O=C(NC1CCCCCC1)c1cccc(S(=O)(=O)N2CCN(c3ccc(F)cc3)CC2)c1. The van der Waals surface area contributed by atoms with Gasteiger partial charge in [-0.05, 0) is 55.3 Å². The summed E-state index contributed by atoms with van der Waals surface area (Å²) in [6, 6.07) is 12.7. The van der Waals surface area contributed by atoms with Gasteiger partial charge >= 0.3 is 0 Å². The molecule has 1 N–H and O–H groups in total. The minimum Gasteiger partial charge on any atom is -0.369 e. The molecular weight excluding hydrogens is 429 g/mol. The van der Waals surface area contributed by atoms with Crippen LogP contribution in [0.15, 0.2) is 53.4 Å². The van der Waals surface area contributed by atoms with Crippen molar-refractivity contribution in [3.05, 3.63) is 59.9 Å². The van der Waals surface area contributed by atoms with E-state index in [4.69, 9.17) is 0 Å². The molecule has 4 rings (SSSR count). The van der Waals surface area contributed by atoms with Gasteiger partial charge in [-0.1, -0.05) is 31.7 Å². The lowest BCUT2D eigenvalue weighted by atomic mass is 10.1. The normalized spacial score (nSPS) is 18.8. The second kappa shape index (κ2) is 10.0. The highest BCUT2D eigenvalue weighted by atomic mass is 32.2. The standard InChI is InChI=1S/C24H30FN3O3S/c25-20-10-12-22(13-11-20)27-14-16-28(17-15-27)32(30,31)23-9-5-6-19(18-23)24(29)26-21-7-3-1-2-4-8-21/h5-6,9-13,18,21H,1-4,7-8,14-17H2,(H,26,29). The lowest BCUT2D eigenvalue weighted by molar-refractivity contribution is 0.0933. The number of nitrogens with zero attached hydrogens (tertiary/aromatic N) is 2. The highest BCUT2D eigenvalue weighted by molar-refractivity contribution is 7.89. The average molecular weight is 460 g/mol. The first-order valence-electron chi connectivity index (χ1n) is 11.3. The summed E-state index contributed by atoms with van der Waals surface area (Å²) in [6.45, 7) is 1.70. The molecule has 0 atom stereocenters. The first kappa shape index (κ1) is 22.7. The number of carbonyl (C=O) groups excluding carboxylic acids is 1. The van der Waals surface area contributed by atoms with Gasteiger partial charge < -0.3 is 10.2 Å². The summed E-state index contributed by atoms with van der Waals surface area (Å²) in [5.74, 6) is -0.506. The van der Waals surface area contributed by atoms with Gasteiger partial charge in [-0.25, -0.2) is 12.8 Å². The molecule has 1 heterocycles. The van der Waals surface area contributed by atoms with Gasteiger partial charge in [0.1, 0.15) is 5.82 Å². The third-order valence-corrected chi connectivity index (χ3v) is 8.25. The van der Waals surface area contributed by atoms with Crippen LogP contribution in [0, 0.1) is 5.82 Å². The van der Waals surface area contributed by atoms with Gasteiger partial charge in [0.15, 0.2) is 0 Å². The van der Waals surface area contributed by atoms with Crippen molar-refractivity contribution in [2.75, 3.05) is 31.1 Å². The Morgan fingerprint density at radius 1 is 0.906 bits per heavy atom. The summed E-state index contributed by atoms with van der Waals surface area (Å²) in [5, 5.41) is 3.08. The molecule has 2 aromatic carbocycles. The summed E-state index contributed by atoms with van der Waals surface area (Å²) in [6.07, 6.45) is 6.58. The van der Waals surface area contributed by atoms with Gasteiger partial charge in [0, 0.05) is 43.5 Å². The van der Waals surface area contributed by atoms with E-state index < -0.39 is 10.0 Å². The zero-order valence-corrected chi connectivity index (χ0v) is 19.0. The monoisotopic (exact) mass is 459 g/mol. The first-order chi connectivity index (χ1) is 15.4. The minimum atomic E-state index is -3.70. The molecule has 2 fully saturated rings. The molecule has 1 aliphatic heterocycles. The fourth-order valence-electron chi connectivity index (χ4n) is 4.48. The van der Waals surface area contributed by atoms with Gasteiger partial charge in [-0.3, -0.25) is 4.79 Å². The van der Waals surface area contributed by atoms with E-state index in [2.05, 4.69) is 5.32 Å². The Labute approximate surface area is 189 Å². The van der Waals surface area contributed by atoms with E-state index in [1.165, 1.54) is 35.3 Å². The summed E-state index contributed by atoms with van der Waals surface area (Å²) in [7, 11) is -3.70. The number of anilines is 1. The number of benzene rings is 2. The summed E-state index contributed by atoms with van der Waals surface area (Å²) < 4.78 is 41.0. The third-order valence-electron chi connectivity index (χ3n) is 6.35. The average Bonchev–Trinajstić information content (AvgIpc) is 3.08. The molecule has 1 amide bonds. The molecule has 0 radical (unpaired) electrons. The van der Waals surface area contributed by atoms with E-state index in [-0.39, 0.29) is 22.7 Å². The Kier molecular flexibility index (Phi) is 7.10. The lowest BCUT2D eigenvalue weighted by Crippen LogP contribution is -2.48. The quantitative estimate of drug-likeness (QED) is 0.691. The van der Waals surface area contributed by atoms with Gasteiger partial charge in [0.2, 0.25) is 10.0 Å². The summed E-state index contributed by atoms with van der Waals surface area (Å²) in [4.78, 5) is 14.9. The van der Waals surface area contributed by atoms with Gasteiger partial charge in [-0.2, -0.15) is 4.31 Å². The van der Waals surface area contributed by atoms with E-state index in [9.17, 15) is 17.6 Å². The van der Waals surface area contributed by atoms with Crippen molar-refractivity contribution in [1.29, 1.82) is 0 Å². The number of piperazine rings is 1. The second-order valence-corrected chi connectivity index (χ2v) is 10.5. The molecule has 1 aliphatic carbocycles. The molecule has 2 aromatic rings. The largest absolute Gasteiger partial charge is 0.369 e. The Morgan fingerprint density at radius 2 is 1.56 bits per heavy atom. The molecule has 6 nitrogen and oxygen atoms in total. The van der Waals surface area contributed by atoms with Crippen LogP contribution in [0.3, 0.4) is 0 Å². The van der Waals surface area contributed by atoms with E-state index in [0.717, 1.165) is 31.4 Å². The Morgan fingerprint density at radius 3 is 2.22 bits per heavy atom. The van der Waals surface area contributed by atoms with Crippen LogP contribution in [0.1, 0.15) is 48.9 Å². The highest BCUT2D eigenvalue weighted by Gasteiger charge is 2.29. The second-order valence-electron chi connectivity index (χ2n) is 8.56.